The van der Waals surface area contributed by atoms with E-state index in [4.69, 9.17) is 11.6 Å². The van der Waals surface area contributed by atoms with E-state index in [1.54, 1.807) is 11.3 Å². The van der Waals surface area contributed by atoms with Crippen LogP contribution in [-0.4, -0.2) is 6.54 Å². The molecule has 0 aliphatic carbocycles. The summed E-state index contributed by atoms with van der Waals surface area (Å²) in [6, 6.07) is 0.434. The smallest absolute Gasteiger partial charge is 0.0590 e. The first-order chi connectivity index (χ1) is 8.06. The average Bonchev–Trinajstić information content (AvgIpc) is 2.60. The van der Waals surface area contributed by atoms with Crippen LogP contribution in [0.1, 0.15) is 56.5 Å². The van der Waals surface area contributed by atoms with Crippen molar-refractivity contribution in [2.45, 2.75) is 53.0 Å². The van der Waals surface area contributed by atoms with Gasteiger partial charge in [-0.25, -0.2) is 0 Å². The highest BCUT2D eigenvalue weighted by Gasteiger charge is 2.17. The van der Waals surface area contributed by atoms with Crippen molar-refractivity contribution in [3.8, 4) is 0 Å². The normalized spacial score (nSPS) is 13.3. The molecular formula is C14H24ClNS. The lowest BCUT2D eigenvalue weighted by Crippen LogP contribution is -2.22. The Labute approximate surface area is 115 Å². The number of rotatable bonds is 7. The molecule has 0 saturated carbocycles. The second-order valence-electron chi connectivity index (χ2n) is 5.07. The molecule has 0 saturated heterocycles. The number of aryl methyl sites for hydroxylation is 1. The zero-order valence-corrected chi connectivity index (χ0v) is 12.9. The Kier molecular flexibility index (Phi) is 6.53. The molecule has 1 unspecified atom stereocenters. The Hall–Kier alpha value is -0.0500. The molecule has 17 heavy (non-hydrogen) atoms. The minimum absolute atomic E-state index is 0.434. The van der Waals surface area contributed by atoms with Crippen LogP contribution >= 0.6 is 22.9 Å². The molecule has 3 heteroatoms. The molecule has 1 aromatic rings. The first kappa shape index (κ1) is 15.0. The van der Waals surface area contributed by atoms with Gasteiger partial charge in [-0.3, -0.25) is 0 Å². The van der Waals surface area contributed by atoms with Crippen molar-refractivity contribution in [1.29, 1.82) is 0 Å². The van der Waals surface area contributed by atoms with E-state index < -0.39 is 0 Å². The maximum Gasteiger partial charge on any atom is 0.0590 e. The lowest BCUT2D eigenvalue weighted by Gasteiger charge is -2.19. The molecular weight excluding hydrogens is 250 g/mol. The molecule has 1 N–H and O–H groups in total. The molecule has 0 amide bonds. The highest BCUT2D eigenvalue weighted by molar-refractivity contribution is 7.10. The Bertz CT molecular complexity index is 333. The van der Waals surface area contributed by atoms with E-state index in [-0.39, 0.29) is 0 Å². The third-order valence-corrected chi connectivity index (χ3v) is 4.74. The van der Waals surface area contributed by atoms with Crippen LogP contribution < -0.4 is 5.32 Å². The molecule has 1 nitrogen and oxygen atoms in total. The van der Waals surface area contributed by atoms with Crippen LogP contribution in [0.15, 0.2) is 5.38 Å². The maximum atomic E-state index is 6.37. The topological polar surface area (TPSA) is 12.0 Å². The summed E-state index contributed by atoms with van der Waals surface area (Å²) in [5.74, 6) is 0.751. The fourth-order valence-electron chi connectivity index (χ4n) is 1.83. The first-order valence-electron chi connectivity index (χ1n) is 6.53. The van der Waals surface area contributed by atoms with Gasteiger partial charge in [-0.2, -0.15) is 0 Å². The standard InChI is InChI=1S/C14H24ClNS/c1-5-8-16-12(7-6-10(2)3)14-13(15)11(4)9-17-14/h9-10,12,16H,5-8H2,1-4H3. The third-order valence-electron chi connectivity index (χ3n) is 2.92. The quantitative estimate of drug-likeness (QED) is 0.721. The van der Waals surface area contributed by atoms with Gasteiger partial charge in [0.15, 0.2) is 0 Å². The average molecular weight is 274 g/mol. The SMILES string of the molecule is CCCNC(CCC(C)C)c1scc(C)c1Cl. The molecule has 1 aromatic heterocycles. The van der Waals surface area contributed by atoms with Crippen LogP contribution in [-0.2, 0) is 0 Å². The molecule has 1 heterocycles. The van der Waals surface area contributed by atoms with E-state index in [1.807, 2.05) is 0 Å². The molecule has 0 aromatic carbocycles. The monoisotopic (exact) mass is 273 g/mol. The van der Waals surface area contributed by atoms with E-state index in [0.717, 1.165) is 17.5 Å². The van der Waals surface area contributed by atoms with Gasteiger partial charge in [0.2, 0.25) is 0 Å². The minimum Gasteiger partial charge on any atom is -0.309 e. The number of halogens is 1. The molecule has 0 aliphatic rings. The molecule has 0 radical (unpaired) electrons. The van der Waals surface area contributed by atoms with Crippen LogP contribution in [0, 0.1) is 12.8 Å². The van der Waals surface area contributed by atoms with Gasteiger partial charge in [-0.15, -0.1) is 11.3 Å². The number of thiophene rings is 1. The fourth-order valence-corrected chi connectivity index (χ4v) is 3.27. The van der Waals surface area contributed by atoms with Gasteiger partial charge in [0.25, 0.3) is 0 Å². The van der Waals surface area contributed by atoms with Gasteiger partial charge in [0.05, 0.1) is 5.02 Å². The Balaban J connectivity index is 2.71. The number of hydrogen-bond donors (Lipinski definition) is 1. The lowest BCUT2D eigenvalue weighted by atomic mass is 10.0. The Morgan fingerprint density at radius 3 is 2.53 bits per heavy atom. The molecule has 0 spiro atoms. The van der Waals surface area contributed by atoms with Crippen molar-refractivity contribution in [2.75, 3.05) is 6.54 Å². The van der Waals surface area contributed by atoms with E-state index in [2.05, 4.69) is 38.4 Å². The van der Waals surface area contributed by atoms with E-state index in [9.17, 15) is 0 Å². The molecule has 98 valence electrons. The third kappa shape index (κ3) is 4.61. The summed E-state index contributed by atoms with van der Waals surface area (Å²) in [5.41, 5.74) is 1.21. The maximum absolute atomic E-state index is 6.37. The fraction of sp³-hybridized carbons (Fsp3) is 0.714. The van der Waals surface area contributed by atoms with E-state index in [1.165, 1.54) is 29.7 Å². The van der Waals surface area contributed by atoms with Gasteiger partial charge in [0, 0.05) is 10.9 Å². The van der Waals surface area contributed by atoms with Crippen molar-refractivity contribution in [1.82, 2.24) is 5.32 Å². The van der Waals surface area contributed by atoms with Crippen molar-refractivity contribution in [3.63, 3.8) is 0 Å². The number of hydrogen-bond acceptors (Lipinski definition) is 2. The van der Waals surface area contributed by atoms with Crippen LogP contribution in [0.2, 0.25) is 5.02 Å². The largest absolute Gasteiger partial charge is 0.309 e. The zero-order valence-electron chi connectivity index (χ0n) is 11.3. The van der Waals surface area contributed by atoms with Crippen molar-refractivity contribution >= 4 is 22.9 Å². The lowest BCUT2D eigenvalue weighted by molar-refractivity contribution is 0.445. The highest BCUT2D eigenvalue weighted by atomic mass is 35.5. The Morgan fingerprint density at radius 1 is 1.35 bits per heavy atom. The summed E-state index contributed by atoms with van der Waals surface area (Å²) in [5, 5.41) is 6.75. The van der Waals surface area contributed by atoms with Gasteiger partial charge >= 0.3 is 0 Å². The van der Waals surface area contributed by atoms with Gasteiger partial charge in [-0.1, -0.05) is 32.4 Å². The molecule has 0 fully saturated rings. The van der Waals surface area contributed by atoms with E-state index >= 15 is 0 Å². The van der Waals surface area contributed by atoms with Crippen molar-refractivity contribution < 1.29 is 0 Å². The van der Waals surface area contributed by atoms with Crippen molar-refractivity contribution in [3.05, 3.63) is 20.8 Å². The van der Waals surface area contributed by atoms with Crippen LogP contribution in [0.25, 0.3) is 0 Å². The molecule has 1 atom stereocenters. The predicted octanol–water partition coefficient (Wildman–Crippen LogP) is 5.19. The van der Waals surface area contributed by atoms with Gasteiger partial charge in [-0.05, 0) is 49.6 Å². The second kappa shape index (κ2) is 7.40. The summed E-state index contributed by atoms with van der Waals surface area (Å²) < 4.78 is 0. The minimum atomic E-state index is 0.434. The summed E-state index contributed by atoms with van der Waals surface area (Å²) in [4.78, 5) is 1.32. The van der Waals surface area contributed by atoms with Gasteiger partial charge < -0.3 is 5.32 Å². The van der Waals surface area contributed by atoms with E-state index in [0.29, 0.717) is 6.04 Å². The number of nitrogens with one attached hydrogen (secondary N) is 1. The molecule has 0 bridgehead atoms. The summed E-state index contributed by atoms with van der Waals surface area (Å²) in [6.45, 7) is 9.90. The van der Waals surface area contributed by atoms with Crippen molar-refractivity contribution in [2.24, 2.45) is 5.92 Å². The molecule has 1 rings (SSSR count). The summed E-state index contributed by atoms with van der Waals surface area (Å²) in [7, 11) is 0. The summed E-state index contributed by atoms with van der Waals surface area (Å²) in [6.07, 6.45) is 3.59. The van der Waals surface area contributed by atoms with Crippen LogP contribution in [0.5, 0.6) is 0 Å². The second-order valence-corrected chi connectivity index (χ2v) is 6.36. The zero-order chi connectivity index (χ0) is 12.8. The van der Waals surface area contributed by atoms with Gasteiger partial charge in [0.1, 0.15) is 0 Å². The molecule has 0 aliphatic heterocycles. The summed E-state index contributed by atoms with van der Waals surface area (Å²) >= 11 is 8.16. The predicted molar refractivity (Wildman–Crippen MR) is 79.2 cm³/mol. The highest BCUT2D eigenvalue weighted by Crippen LogP contribution is 2.35. The Morgan fingerprint density at radius 2 is 2.06 bits per heavy atom. The van der Waals surface area contributed by atoms with Crippen LogP contribution in [0.3, 0.4) is 0 Å². The first-order valence-corrected chi connectivity index (χ1v) is 7.78. The van der Waals surface area contributed by atoms with Crippen LogP contribution in [0.4, 0.5) is 0 Å².